The number of fused-ring (bicyclic) bond motifs is 1. The Morgan fingerprint density at radius 2 is 1.59 bits per heavy atom. The van der Waals surface area contributed by atoms with E-state index in [-0.39, 0.29) is 18.5 Å². The van der Waals surface area contributed by atoms with Crippen molar-refractivity contribution in [3.05, 3.63) is 74.6 Å². The molecule has 6 heteroatoms. The molecule has 0 spiro atoms. The second-order valence-electron chi connectivity index (χ2n) is 7.45. The highest BCUT2D eigenvalue weighted by Gasteiger charge is 2.28. The lowest BCUT2D eigenvalue weighted by Gasteiger charge is -2.32. The topological polar surface area (TPSA) is 22.9 Å². The molecule has 1 saturated heterocycles. The van der Waals surface area contributed by atoms with E-state index in [9.17, 15) is 0 Å². The van der Waals surface area contributed by atoms with Crippen LogP contribution in [0, 0.1) is 0 Å². The summed E-state index contributed by atoms with van der Waals surface area (Å²) in [4.78, 5) is 1.62. The van der Waals surface area contributed by atoms with Crippen LogP contribution in [0.5, 0.6) is 11.5 Å². The Labute approximate surface area is 186 Å². The summed E-state index contributed by atoms with van der Waals surface area (Å²) in [6, 6.07) is 12.5. The molecule has 1 fully saturated rings. The van der Waals surface area contributed by atoms with Crippen molar-refractivity contribution in [3.63, 3.8) is 0 Å². The number of hydrogen-bond donors (Lipinski definition) is 1. The second-order valence-corrected chi connectivity index (χ2v) is 9.01. The predicted molar refractivity (Wildman–Crippen MR) is 116 cm³/mol. The van der Waals surface area contributed by atoms with Crippen LogP contribution in [-0.4, -0.2) is 32.3 Å². The average Bonchev–Trinajstić information content (AvgIpc) is 3.45. The van der Waals surface area contributed by atoms with Crippen LogP contribution in [0.4, 0.5) is 0 Å². The number of halogens is 1. The highest BCUT2D eigenvalue weighted by atomic mass is 35.5. The third-order valence-corrected chi connectivity index (χ3v) is 6.98. The molecule has 1 atom stereocenters. The van der Waals surface area contributed by atoms with Gasteiger partial charge in [0.2, 0.25) is 0 Å². The number of piperidine rings is 1. The van der Waals surface area contributed by atoms with Gasteiger partial charge in [0, 0.05) is 12.8 Å². The number of likely N-dealkylation sites (tertiary alicyclic amines) is 1. The van der Waals surface area contributed by atoms with Crippen molar-refractivity contribution in [1.29, 1.82) is 0 Å². The summed E-state index contributed by atoms with van der Waals surface area (Å²) in [7, 11) is 0. The number of hydrogen-bond acceptors (Lipinski definition) is 4. The molecule has 0 amide bonds. The molecule has 0 radical (unpaired) electrons. The smallest absolute Gasteiger partial charge is 0.181 e. The van der Waals surface area contributed by atoms with E-state index in [0.29, 0.717) is 6.61 Å². The number of quaternary nitrogens is 1. The molecule has 4 heterocycles. The van der Waals surface area contributed by atoms with Crippen LogP contribution in [0.3, 0.4) is 0 Å². The first-order chi connectivity index (χ1) is 13.9. The van der Waals surface area contributed by atoms with E-state index in [2.05, 4.69) is 33.7 Å². The first kappa shape index (κ1) is 20.5. The van der Waals surface area contributed by atoms with Gasteiger partial charge in [-0.3, -0.25) is 0 Å². The van der Waals surface area contributed by atoms with Gasteiger partial charge in [0.25, 0.3) is 0 Å². The van der Waals surface area contributed by atoms with Crippen LogP contribution in [0.1, 0.15) is 24.0 Å². The molecule has 5 rings (SSSR count). The third kappa shape index (κ3) is 4.53. The maximum absolute atomic E-state index is 6.17. The van der Waals surface area contributed by atoms with Gasteiger partial charge >= 0.3 is 0 Å². The molecule has 1 unspecified atom stereocenters. The fourth-order valence-corrected chi connectivity index (χ4v) is 5.53. The Morgan fingerprint density at radius 1 is 0.931 bits per heavy atom. The van der Waals surface area contributed by atoms with Gasteiger partial charge in [-0.25, -0.2) is 0 Å². The molecule has 2 aromatic heterocycles. The molecule has 1 N–H and O–H groups in total. The van der Waals surface area contributed by atoms with Crippen molar-refractivity contribution in [2.75, 3.05) is 26.2 Å². The van der Waals surface area contributed by atoms with E-state index < -0.39 is 0 Å². The standard InChI is InChI=1S/C23H23NO2S2.ClH/c1-2-4-22-21(3-1)25-14-20(26-22)13-24-9-5-17(6-10-24)23(18-7-11-27-15-18)19-8-12-28-16-19;/h1-4,7-8,11-12,15-16,20H,5-6,9-10,13-14H2;1H. The summed E-state index contributed by atoms with van der Waals surface area (Å²) < 4.78 is 12.1. The molecule has 0 saturated carbocycles. The van der Waals surface area contributed by atoms with Crippen molar-refractivity contribution < 1.29 is 26.8 Å². The molecule has 152 valence electrons. The Kier molecular flexibility index (Phi) is 6.60. The SMILES string of the molecule is [Cl-].c1ccc2c(c1)OCC(C[NH+]1CCC(=C(c3ccsc3)c3ccsc3)CC1)O2. The van der Waals surface area contributed by atoms with Crippen LogP contribution in [0.15, 0.2) is 63.5 Å². The minimum Gasteiger partial charge on any atom is -1.00 e. The van der Waals surface area contributed by atoms with Gasteiger partial charge in [-0.1, -0.05) is 17.7 Å². The quantitative estimate of drug-likeness (QED) is 0.650. The highest BCUT2D eigenvalue weighted by Crippen LogP contribution is 2.33. The first-order valence-corrected chi connectivity index (χ1v) is 11.7. The van der Waals surface area contributed by atoms with Crippen LogP contribution >= 0.6 is 22.7 Å². The van der Waals surface area contributed by atoms with Crippen molar-refractivity contribution >= 4 is 28.2 Å². The monoisotopic (exact) mass is 445 g/mol. The minimum absolute atomic E-state index is 0. The molecule has 3 aromatic rings. The van der Waals surface area contributed by atoms with Crippen molar-refractivity contribution in [2.24, 2.45) is 0 Å². The molecule has 3 nitrogen and oxygen atoms in total. The first-order valence-electron chi connectivity index (χ1n) is 9.86. The van der Waals surface area contributed by atoms with E-state index in [1.165, 1.54) is 16.7 Å². The Morgan fingerprint density at radius 3 is 2.21 bits per heavy atom. The van der Waals surface area contributed by atoms with Gasteiger partial charge < -0.3 is 26.8 Å². The fraction of sp³-hybridized carbons (Fsp3) is 0.304. The zero-order valence-electron chi connectivity index (χ0n) is 16.1. The van der Waals surface area contributed by atoms with Crippen molar-refractivity contribution in [1.82, 2.24) is 0 Å². The lowest BCUT2D eigenvalue weighted by Crippen LogP contribution is -3.14. The number of para-hydroxylation sites is 2. The van der Waals surface area contributed by atoms with E-state index in [1.807, 2.05) is 24.3 Å². The van der Waals surface area contributed by atoms with E-state index in [4.69, 9.17) is 9.47 Å². The minimum atomic E-state index is 0. The number of rotatable bonds is 4. The second kappa shape index (κ2) is 9.35. The maximum Gasteiger partial charge on any atom is 0.181 e. The molecule has 2 aliphatic rings. The summed E-state index contributed by atoms with van der Waals surface area (Å²) in [5, 5.41) is 8.93. The van der Waals surface area contributed by atoms with Gasteiger partial charge in [0.05, 0.1) is 13.1 Å². The normalized spacial score (nSPS) is 20.8. The van der Waals surface area contributed by atoms with E-state index in [0.717, 1.165) is 44.0 Å². The van der Waals surface area contributed by atoms with E-state index in [1.54, 1.807) is 33.1 Å². The average molecular weight is 446 g/mol. The molecule has 1 aromatic carbocycles. The van der Waals surface area contributed by atoms with Gasteiger partial charge in [-0.05, 0) is 62.5 Å². The van der Waals surface area contributed by atoms with Crippen molar-refractivity contribution in [2.45, 2.75) is 18.9 Å². The van der Waals surface area contributed by atoms with Gasteiger partial charge in [-0.15, -0.1) is 0 Å². The van der Waals surface area contributed by atoms with Crippen LogP contribution in [0.2, 0.25) is 0 Å². The van der Waals surface area contributed by atoms with E-state index >= 15 is 0 Å². The summed E-state index contributed by atoms with van der Waals surface area (Å²) >= 11 is 3.56. The number of benzene rings is 1. The number of nitrogens with one attached hydrogen (secondary N) is 1. The highest BCUT2D eigenvalue weighted by molar-refractivity contribution is 7.08. The number of ether oxygens (including phenoxy) is 2. The number of thiophene rings is 2. The summed E-state index contributed by atoms with van der Waals surface area (Å²) in [6.07, 6.45) is 2.45. The molecular formula is C23H24ClNO2S2. The zero-order valence-corrected chi connectivity index (χ0v) is 18.5. The van der Waals surface area contributed by atoms with Crippen molar-refractivity contribution in [3.8, 4) is 11.5 Å². The third-order valence-electron chi connectivity index (χ3n) is 5.62. The summed E-state index contributed by atoms with van der Waals surface area (Å²) in [5.74, 6) is 1.75. The summed E-state index contributed by atoms with van der Waals surface area (Å²) in [6.45, 7) is 3.98. The van der Waals surface area contributed by atoms with Crippen LogP contribution in [-0.2, 0) is 0 Å². The molecule has 2 aliphatic heterocycles. The fourth-order valence-electron chi connectivity index (χ4n) is 4.23. The maximum atomic E-state index is 6.17. The zero-order chi connectivity index (χ0) is 18.8. The lowest BCUT2D eigenvalue weighted by atomic mass is 9.91. The van der Waals surface area contributed by atoms with Crippen LogP contribution in [0.25, 0.3) is 5.57 Å². The Balaban J connectivity index is 0.00000205. The molecule has 29 heavy (non-hydrogen) atoms. The molecular weight excluding hydrogens is 422 g/mol. The predicted octanol–water partition coefficient (Wildman–Crippen LogP) is 1.13. The summed E-state index contributed by atoms with van der Waals surface area (Å²) in [5.41, 5.74) is 5.82. The Bertz CT molecular complexity index is 907. The van der Waals surface area contributed by atoms with Crippen LogP contribution < -0.4 is 26.8 Å². The lowest BCUT2D eigenvalue weighted by molar-refractivity contribution is -0.905. The molecule has 0 aliphatic carbocycles. The Hall–Kier alpha value is -1.79. The molecule has 0 bridgehead atoms. The van der Waals surface area contributed by atoms with Gasteiger partial charge in [0.1, 0.15) is 13.2 Å². The largest absolute Gasteiger partial charge is 1.00 e. The van der Waals surface area contributed by atoms with Gasteiger partial charge in [-0.2, -0.15) is 22.7 Å². The van der Waals surface area contributed by atoms with Gasteiger partial charge in [0.15, 0.2) is 17.6 Å².